The van der Waals surface area contributed by atoms with Gasteiger partial charge in [-0.1, -0.05) is 24.3 Å². The van der Waals surface area contributed by atoms with Crippen molar-refractivity contribution in [3.63, 3.8) is 0 Å². The van der Waals surface area contributed by atoms with Crippen LogP contribution in [0.15, 0.2) is 60.0 Å². The molecule has 3 amide bonds. The number of anilines is 2. The maximum Gasteiger partial charge on any atom is 0.255 e. The summed E-state index contributed by atoms with van der Waals surface area (Å²) in [7, 11) is 4.94. The van der Waals surface area contributed by atoms with Crippen molar-refractivity contribution in [3.8, 4) is 10.4 Å². The van der Waals surface area contributed by atoms with E-state index >= 15 is 0 Å². The molecule has 3 aromatic rings. The molecule has 8 heteroatoms. The van der Waals surface area contributed by atoms with E-state index in [9.17, 15) is 14.4 Å². The van der Waals surface area contributed by atoms with E-state index in [0.717, 1.165) is 16.0 Å². The average Bonchev–Trinajstić information content (AvgIpc) is 3.34. The molecule has 0 saturated carbocycles. The van der Waals surface area contributed by atoms with Crippen molar-refractivity contribution >= 4 is 40.4 Å². The molecule has 0 bridgehead atoms. The van der Waals surface area contributed by atoms with E-state index in [1.807, 2.05) is 41.8 Å². The Bertz CT molecular complexity index is 1130. The number of hydrogen-bond acceptors (Lipinski definition) is 5. The Morgan fingerprint density at radius 2 is 1.70 bits per heavy atom. The predicted octanol–water partition coefficient (Wildman–Crippen LogP) is 3.73. The Kier molecular flexibility index (Phi) is 7.84. The molecule has 7 nitrogen and oxygen atoms in total. The number of nitrogens with one attached hydrogen (secondary N) is 1. The number of nitrogen functional groups attached to an aromatic ring is 1. The Hall–Kier alpha value is -3.65. The summed E-state index contributed by atoms with van der Waals surface area (Å²) in [5.74, 6) is -0.481. The molecule has 1 heterocycles. The summed E-state index contributed by atoms with van der Waals surface area (Å²) in [6.45, 7) is 0.0573. The average molecular weight is 465 g/mol. The standard InChI is InChI=1S/C25H28N4O3S/c1-28(2)24(31)16-29(3)23(30)13-8-17-6-9-18(10-7-17)25(32)27-21-15-19(11-12-20(21)26)22-5-4-14-33-22/h4-7,9-12,14-15H,8,13,16,26H2,1-3H3,(H,27,32). The first-order valence-corrected chi connectivity index (χ1v) is 11.4. The minimum atomic E-state index is -0.255. The predicted molar refractivity (Wildman–Crippen MR) is 133 cm³/mol. The molecule has 0 unspecified atom stereocenters. The third kappa shape index (κ3) is 6.43. The topological polar surface area (TPSA) is 95.7 Å². The number of nitrogens with zero attached hydrogens (tertiary/aromatic N) is 2. The van der Waals surface area contributed by atoms with Crippen LogP contribution < -0.4 is 11.1 Å². The number of thiophene rings is 1. The van der Waals surface area contributed by atoms with E-state index in [2.05, 4.69) is 5.32 Å². The number of likely N-dealkylation sites (N-methyl/N-ethyl adjacent to an activating group) is 2. The molecule has 0 atom stereocenters. The largest absolute Gasteiger partial charge is 0.397 e. The molecule has 172 valence electrons. The number of amides is 3. The van der Waals surface area contributed by atoms with Gasteiger partial charge in [-0.05, 0) is 53.3 Å². The number of carbonyl (C=O) groups is 3. The minimum Gasteiger partial charge on any atom is -0.397 e. The molecule has 3 N–H and O–H groups in total. The molecule has 2 aromatic carbocycles. The summed E-state index contributed by atoms with van der Waals surface area (Å²) < 4.78 is 0. The van der Waals surface area contributed by atoms with E-state index in [0.29, 0.717) is 23.4 Å². The number of carbonyl (C=O) groups excluding carboxylic acids is 3. The van der Waals surface area contributed by atoms with E-state index in [1.54, 1.807) is 50.7 Å². The van der Waals surface area contributed by atoms with Gasteiger partial charge in [0.2, 0.25) is 11.8 Å². The number of aryl methyl sites for hydroxylation is 1. The van der Waals surface area contributed by atoms with Crippen LogP contribution in [0.2, 0.25) is 0 Å². The molecule has 0 aliphatic heterocycles. The fourth-order valence-corrected chi connectivity index (χ4v) is 3.88. The summed E-state index contributed by atoms with van der Waals surface area (Å²) >= 11 is 1.62. The normalized spacial score (nSPS) is 10.5. The van der Waals surface area contributed by atoms with Crippen molar-refractivity contribution in [3.05, 3.63) is 71.1 Å². The van der Waals surface area contributed by atoms with Crippen LogP contribution in [0.3, 0.4) is 0 Å². The van der Waals surface area contributed by atoms with Crippen molar-refractivity contribution in [1.29, 1.82) is 0 Å². The highest BCUT2D eigenvalue weighted by Gasteiger charge is 2.15. The zero-order chi connectivity index (χ0) is 24.0. The highest BCUT2D eigenvalue weighted by atomic mass is 32.1. The van der Waals surface area contributed by atoms with Crippen LogP contribution in [0, 0.1) is 0 Å². The molecule has 0 saturated heterocycles. The van der Waals surface area contributed by atoms with Gasteiger partial charge in [0.25, 0.3) is 5.91 Å². The third-order valence-electron chi connectivity index (χ3n) is 5.25. The van der Waals surface area contributed by atoms with E-state index in [4.69, 9.17) is 5.73 Å². The van der Waals surface area contributed by atoms with Crippen LogP contribution in [0.4, 0.5) is 11.4 Å². The lowest BCUT2D eigenvalue weighted by atomic mass is 10.1. The van der Waals surface area contributed by atoms with E-state index in [-0.39, 0.29) is 30.7 Å². The zero-order valence-corrected chi connectivity index (χ0v) is 19.8. The Morgan fingerprint density at radius 3 is 2.33 bits per heavy atom. The van der Waals surface area contributed by atoms with Gasteiger partial charge in [0.1, 0.15) is 0 Å². The van der Waals surface area contributed by atoms with Crippen LogP contribution in [-0.2, 0) is 16.0 Å². The molecule has 0 fully saturated rings. The fourth-order valence-electron chi connectivity index (χ4n) is 3.15. The van der Waals surface area contributed by atoms with Crippen LogP contribution >= 0.6 is 11.3 Å². The summed E-state index contributed by atoms with van der Waals surface area (Å²) in [6, 6.07) is 16.7. The van der Waals surface area contributed by atoms with E-state index < -0.39 is 0 Å². The lowest BCUT2D eigenvalue weighted by Crippen LogP contribution is -2.37. The van der Waals surface area contributed by atoms with Gasteiger partial charge >= 0.3 is 0 Å². The van der Waals surface area contributed by atoms with Crippen molar-refractivity contribution in [2.24, 2.45) is 0 Å². The van der Waals surface area contributed by atoms with Gasteiger partial charge in [0, 0.05) is 38.0 Å². The van der Waals surface area contributed by atoms with Crippen molar-refractivity contribution < 1.29 is 14.4 Å². The minimum absolute atomic E-state index is 0.0573. The molecule has 0 aliphatic rings. The molecule has 33 heavy (non-hydrogen) atoms. The van der Waals surface area contributed by atoms with Gasteiger partial charge < -0.3 is 20.9 Å². The lowest BCUT2D eigenvalue weighted by molar-refractivity contribution is -0.137. The second kappa shape index (κ2) is 10.8. The number of hydrogen-bond donors (Lipinski definition) is 2. The Morgan fingerprint density at radius 1 is 0.970 bits per heavy atom. The summed E-state index contributed by atoms with van der Waals surface area (Å²) in [5.41, 5.74) is 9.55. The second-order valence-corrected chi connectivity index (χ2v) is 8.92. The van der Waals surface area contributed by atoms with Crippen LogP contribution in [-0.4, -0.2) is 55.2 Å². The molecule has 0 radical (unpaired) electrons. The zero-order valence-electron chi connectivity index (χ0n) is 19.0. The summed E-state index contributed by atoms with van der Waals surface area (Å²) in [5, 5.41) is 4.89. The SMILES string of the molecule is CN(C)C(=O)CN(C)C(=O)CCc1ccc(C(=O)Nc2cc(-c3cccs3)ccc2N)cc1. The number of nitrogens with two attached hydrogens (primary N) is 1. The van der Waals surface area contributed by atoms with Crippen LogP contribution in [0.25, 0.3) is 10.4 Å². The Balaban J connectivity index is 1.58. The highest BCUT2D eigenvalue weighted by molar-refractivity contribution is 7.13. The van der Waals surface area contributed by atoms with Crippen molar-refractivity contribution in [2.45, 2.75) is 12.8 Å². The maximum absolute atomic E-state index is 12.7. The fraction of sp³-hybridized carbons (Fsp3) is 0.240. The van der Waals surface area contributed by atoms with Crippen LogP contribution in [0.1, 0.15) is 22.3 Å². The molecular weight excluding hydrogens is 436 g/mol. The molecule has 3 rings (SSSR count). The molecular formula is C25H28N4O3S. The van der Waals surface area contributed by atoms with Gasteiger partial charge in [-0.2, -0.15) is 0 Å². The first kappa shape index (κ1) is 24.0. The van der Waals surface area contributed by atoms with Gasteiger partial charge in [-0.3, -0.25) is 14.4 Å². The third-order valence-corrected chi connectivity index (χ3v) is 6.17. The molecule has 0 spiro atoms. The monoisotopic (exact) mass is 464 g/mol. The van der Waals surface area contributed by atoms with Crippen LogP contribution in [0.5, 0.6) is 0 Å². The summed E-state index contributed by atoms with van der Waals surface area (Å²) in [4.78, 5) is 40.7. The summed E-state index contributed by atoms with van der Waals surface area (Å²) in [6.07, 6.45) is 0.811. The number of benzene rings is 2. The Labute approximate surface area is 197 Å². The van der Waals surface area contributed by atoms with E-state index in [1.165, 1.54) is 9.80 Å². The van der Waals surface area contributed by atoms with Gasteiger partial charge in [-0.25, -0.2) is 0 Å². The van der Waals surface area contributed by atoms with Gasteiger partial charge in [0.05, 0.1) is 17.9 Å². The van der Waals surface area contributed by atoms with Crippen molar-refractivity contribution in [2.75, 3.05) is 38.7 Å². The van der Waals surface area contributed by atoms with Crippen molar-refractivity contribution in [1.82, 2.24) is 9.80 Å². The lowest BCUT2D eigenvalue weighted by Gasteiger charge is -2.19. The highest BCUT2D eigenvalue weighted by Crippen LogP contribution is 2.30. The molecule has 0 aliphatic carbocycles. The quantitative estimate of drug-likeness (QED) is 0.497. The smallest absolute Gasteiger partial charge is 0.255 e. The second-order valence-electron chi connectivity index (χ2n) is 7.97. The number of rotatable bonds is 8. The first-order valence-electron chi connectivity index (χ1n) is 10.5. The maximum atomic E-state index is 12.7. The first-order chi connectivity index (χ1) is 15.7. The van der Waals surface area contributed by atoms with Gasteiger partial charge in [-0.15, -0.1) is 11.3 Å². The van der Waals surface area contributed by atoms with Gasteiger partial charge in [0.15, 0.2) is 0 Å². The molecule has 1 aromatic heterocycles.